The molecule has 1 unspecified atom stereocenters. The zero-order valence-electron chi connectivity index (χ0n) is 11.8. The molecule has 0 fully saturated rings. The van der Waals surface area contributed by atoms with E-state index in [0.29, 0.717) is 17.9 Å². The number of terminal acetylenes is 1. The van der Waals surface area contributed by atoms with Crippen LogP contribution < -0.4 is 15.4 Å². The zero-order valence-corrected chi connectivity index (χ0v) is 11.8. The number of hydrogen-bond donors (Lipinski definition) is 3. The molecule has 0 bridgehead atoms. The number of amides is 2. The van der Waals surface area contributed by atoms with E-state index in [0.717, 1.165) is 0 Å². The molecule has 2 amide bonds. The summed E-state index contributed by atoms with van der Waals surface area (Å²) >= 11 is 0. The number of aliphatic hydroxyl groups is 1. The molecule has 1 aromatic carbocycles. The maximum absolute atomic E-state index is 11.9. The van der Waals surface area contributed by atoms with Crippen LogP contribution in [0.4, 0.5) is 10.5 Å². The van der Waals surface area contributed by atoms with Crippen molar-refractivity contribution >= 4 is 11.7 Å². The molecule has 20 heavy (non-hydrogen) atoms. The average molecular weight is 276 g/mol. The Morgan fingerprint density at radius 3 is 2.90 bits per heavy atom. The number of urea groups is 1. The van der Waals surface area contributed by atoms with Crippen LogP contribution in [0.5, 0.6) is 5.75 Å². The molecule has 5 heteroatoms. The molecular formula is C15H20N2O3. The topological polar surface area (TPSA) is 70.6 Å². The smallest absolute Gasteiger partial charge is 0.319 e. The fraction of sp³-hybridized carbons (Fsp3) is 0.400. The summed E-state index contributed by atoms with van der Waals surface area (Å²) in [5, 5.41) is 14.7. The van der Waals surface area contributed by atoms with E-state index in [4.69, 9.17) is 11.2 Å². The molecular weight excluding hydrogens is 256 g/mol. The predicted molar refractivity (Wildman–Crippen MR) is 78.7 cm³/mol. The zero-order chi connectivity index (χ0) is 15.0. The molecule has 108 valence electrons. The van der Waals surface area contributed by atoms with Crippen molar-refractivity contribution in [2.75, 3.05) is 18.5 Å². The monoisotopic (exact) mass is 276 g/mol. The third kappa shape index (κ3) is 4.82. The highest BCUT2D eigenvalue weighted by molar-refractivity contribution is 5.89. The number of anilines is 1. The SMILES string of the molecule is C#CCOc1cccc(NC(=O)NC(C)(CC)CO)c1. The molecule has 0 heterocycles. The van der Waals surface area contributed by atoms with Crippen molar-refractivity contribution in [2.45, 2.75) is 25.8 Å². The van der Waals surface area contributed by atoms with Gasteiger partial charge in [-0.05, 0) is 25.5 Å². The summed E-state index contributed by atoms with van der Waals surface area (Å²) in [6, 6.07) is 6.55. The lowest BCUT2D eigenvalue weighted by molar-refractivity contribution is 0.172. The fourth-order valence-electron chi connectivity index (χ4n) is 1.46. The summed E-state index contributed by atoms with van der Waals surface area (Å²) in [5.41, 5.74) is -0.0461. The van der Waals surface area contributed by atoms with Gasteiger partial charge in [-0.3, -0.25) is 0 Å². The van der Waals surface area contributed by atoms with Crippen LogP contribution >= 0.6 is 0 Å². The van der Waals surface area contributed by atoms with Crippen LogP contribution in [-0.2, 0) is 0 Å². The summed E-state index contributed by atoms with van der Waals surface area (Å²) in [5.74, 6) is 2.96. The maximum atomic E-state index is 11.9. The first kappa shape index (κ1) is 15.9. The first-order valence-electron chi connectivity index (χ1n) is 6.39. The number of carbonyl (C=O) groups is 1. The third-order valence-electron chi connectivity index (χ3n) is 2.96. The Bertz CT molecular complexity index is 490. The largest absolute Gasteiger partial charge is 0.481 e. The normalized spacial score (nSPS) is 12.9. The second kappa shape index (κ2) is 7.41. The van der Waals surface area contributed by atoms with Gasteiger partial charge in [0.1, 0.15) is 12.4 Å². The first-order valence-corrected chi connectivity index (χ1v) is 6.39. The van der Waals surface area contributed by atoms with Gasteiger partial charge in [-0.25, -0.2) is 4.79 Å². The Kier molecular flexibility index (Phi) is 5.88. The highest BCUT2D eigenvalue weighted by atomic mass is 16.5. The molecule has 0 radical (unpaired) electrons. The van der Waals surface area contributed by atoms with Crippen molar-refractivity contribution < 1.29 is 14.6 Å². The van der Waals surface area contributed by atoms with Gasteiger partial charge in [-0.2, -0.15) is 0 Å². The Morgan fingerprint density at radius 1 is 1.55 bits per heavy atom. The van der Waals surface area contributed by atoms with E-state index in [1.807, 2.05) is 6.92 Å². The standard InChI is InChI=1S/C15H20N2O3/c1-4-9-20-13-8-6-7-12(10-13)16-14(19)17-15(3,5-2)11-18/h1,6-8,10,18H,5,9,11H2,2-3H3,(H2,16,17,19). The minimum absolute atomic E-state index is 0.123. The summed E-state index contributed by atoms with van der Waals surface area (Å²) in [6.45, 7) is 3.72. The van der Waals surface area contributed by atoms with Gasteiger partial charge in [-0.1, -0.05) is 18.9 Å². The van der Waals surface area contributed by atoms with E-state index in [1.165, 1.54) is 0 Å². The Balaban J connectivity index is 2.64. The number of ether oxygens (including phenoxy) is 1. The van der Waals surface area contributed by atoms with Gasteiger partial charge in [0.15, 0.2) is 0 Å². The molecule has 1 atom stereocenters. The van der Waals surface area contributed by atoms with Crippen molar-refractivity contribution in [2.24, 2.45) is 0 Å². The van der Waals surface area contributed by atoms with Crippen LogP contribution in [0, 0.1) is 12.3 Å². The molecule has 0 saturated heterocycles. The number of carbonyl (C=O) groups excluding carboxylic acids is 1. The minimum atomic E-state index is -0.637. The van der Waals surface area contributed by atoms with Crippen molar-refractivity contribution in [1.82, 2.24) is 5.32 Å². The van der Waals surface area contributed by atoms with Gasteiger partial charge in [0, 0.05) is 11.8 Å². The highest BCUT2D eigenvalue weighted by Gasteiger charge is 2.23. The van der Waals surface area contributed by atoms with E-state index in [1.54, 1.807) is 31.2 Å². The molecule has 3 N–H and O–H groups in total. The number of nitrogens with one attached hydrogen (secondary N) is 2. The fourth-order valence-corrected chi connectivity index (χ4v) is 1.46. The quantitative estimate of drug-likeness (QED) is 0.696. The van der Waals surface area contributed by atoms with E-state index >= 15 is 0 Å². The number of hydrogen-bond acceptors (Lipinski definition) is 3. The van der Waals surface area contributed by atoms with Crippen molar-refractivity contribution in [3.05, 3.63) is 24.3 Å². The van der Waals surface area contributed by atoms with Crippen LogP contribution in [0.2, 0.25) is 0 Å². The number of benzene rings is 1. The molecule has 0 aliphatic carbocycles. The van der Waals surface area contributed by atoms with E-state index in [2.05, 4.69) is 16.6 Å². The molecule has 0 aliphatic heterocycles. The second-order valence-electron chi connectivity index (χ2n) is 4.67. The van der Waals surface area contributed by atoms with Crippen molar-refractivity contribution in [3.8, 4) is 18.1 Å². The van der Waals surface area contributed by atoms with Gasteiger partial charge in [0.2, 0.25) is 0 Å². The van der Waals surface area contributed by atoms with Crippen molar-refractivity contribution in [3.63, 3.8) is 0 Å². The summed E-state index contributed by atoms with van der Waals surface area (Å²) in [4.78, 5) is 11.9. The van der Waals surface area contributed by atoms with Crippen LogP contribution in [-0.4, -0.2) is 29.9 Å². The van der Waals surface area contributed by atoms with Gasteiger partial charge in [0.05, 0.1) is 12.1 Å². The second-order valence-corrected chi connectivity index (χ2v) is 4.67. The Hall–Kier alpha value is -2.19. The van der Waals surface area contributed by atoms with Crippen molar-refractivity contribution in [1.29, 1.82) is 0 Å². The van der Waals surface area contributed by atoms with Gasteiger partial charge in [0.25, 0.3) is 0 Å². The first-order chi connectivity index (χ1) is 9.53. The Morgan fingerprint density at radius 2 is 2.30 bits per heavy atom. The lowest BCUT2D eigenvalue weighted by atomic mass is 10.0. The van der Waals surface area contributed by atoms with Gasteiger partial charge in [-0.15, -0.1) is 6.42 Å². The predicted octanol–water partition coefficient (Wildman–Crippen LogP) is 1.98. The highest BCUT2D eigenvalue weighted by Crippen LogP contribution is 2.17. The maximum Gasteiger partial charge on any atom is 0.319 e. The Labute approximate surface area is 119 Å². The van der Waals surface area contributed by atoms with E-state index in [-0.39, 0.29) is 19.2 Å². The molecule has 5 nitrogen and oxygen atoms in total. The molecule has 1 aromatic rings. The average Bonchev–Trinajstić information content (AvgIpc) is 2.45. The molecule has 0 aromatic heterocycles. The minimum Gasteiger partial charge on any atom is -0.481 e. The lowest BCUT2D eigenvalue weighted by Gasteiger charge is -2.27. The molecule has 0 spiro atoms. The molecule has 1 rings (SSSR count). The van der Waals surface area contributed by atoms with Crippen LogP contribution in [0.15, 0.2) is 24.3 Å². The molecule has 0 saturated carbocycles. The summed E-state index contributed by atoms with van der Waals surface area (Å²) in [6.07, 6.45) is 5.74. The third-order valence-corrected chi connectivity index (χ3v) is 2.96. The van der Waals surface area contributed by atoms with E-state index < -0.39 is 5.54 Å². The number of rotatable bonds is 6. The van der Waals surface area contributed by atoms with Gasteiger partial charge < -0.3 is 20.5 Å². The summed E-state index contributed by atoms with van der Waals surface area (Å²) < 4.78 is 5.27. The van der Waals surface area contributed by atoms with Crippen LogP contribution in [0.3, 0.4) is 0 Å². The lowest BCUT2D eigenvalue weighted by Crippen LogP contribution is -2.50. The van der Waals surface area contributed by atoms with Crippen LogP contribution in [0.25, 0.3) is 0 Å². The van der Waals surface area contributed by atoms with Gasteiger partial charge >= 0.3 is 6.03 Å². The number of aliphatic hydroxyl groups excluding tert-OH is 1. The van der Waals surface area contributed by atoms with Crippen LogP contribution in [0.1, 0.15) is 20.3 Å². The van der Waals surface area contributed by atoms with E-state index in [9.17, 15) is 9.90 Å². The summed E-state index contributed by atoms with van der Waals surface area (Å²) in [7, 11) is 0. The molecule has 0 aliphatic rings.